The van der Waals surface area contributed by atoms with Gasteiger partial charge in [-0.1, -0.05) is 48.8 Å². The summed E-state index contributed by atoms with van der Waals surface area (Å²) in [5, 5.41) is 0. The molecule has 3 nitrogen and oxygen atoms in total. The number of rotatable bonds is 3. The molecule has 1 atom stereocenters. The number of hydrogen-bond donors (Lipinski definition) is 0. The summed E-state index contributed by atoms with van der Waals surface area (Å²) in [4.78, 5) is 0. The van der Waals surface area contributed by atoms with Crippen LogP contribution in [0.15, 0.2) is 34.8 Å². The molecule has 2 aromatic carbocycles. The minimum absolute atomic E-state index is 0.0329. The average Bonchev–Trinajstić information content (AvgIpc) is 2.70. The van der Waals surface area contributed by atoms with Gasteiger partial charge in [0.25, 0.3) is 9.04 Å². The summed E-state index contributed by atoms with van der Waals surface area (Å²) >= 11 is 3.56. The Bertz CT molecular complexity index is 812. The van der Waals surface area contributed by atoms with Crippen LogP contribution in [0.1, 0.15) is 49.1 Å². The van der Waals surface area contributed by atoms with Crippen LogP contribution in [0, 0.1) is 0 Å². The number of methoxy groups -OCH3 is 1. The predicted molar refractivity (Wildman–Crippen MR) is 111 cm³/mol. The van der Waals surface area contributed by atoms with E-state index >= 15 is 0 Å². The molecule has 0 spiro atoms. The zero-order valence-electron chi connectivity index (χ0n) is 16.3. The van der Waals surface area contributed by atoms with Crippen molar-refractivity contribution in [2.75, 3.05) is 7.11 Å². The van der Waals surface area contributed by atoms with Crippen molar-refractivity contribution in [2.24, 2.45) is 0 Å². The lowest BCUT2D eigenvalue weighted by molar-refractivity contribution is 0.134. The Hall–Kier alpha value is -1.30. The van der Waals surface area contributed by atoms with Gasteiger partial charge in [0.2, 0.25) is 0 Å². The van der Waals surface area contributed by atoms with E-state index in [0.29, 0.717) is 6.61 Å². The van der Waals surface area contributed by atoms with E-state index in [1.165, 1.54) is 5.56 Å². The molecule has 1 heterocycles. The molecule has 0 amide bonds. The topological polar surface area (TPSA) is 27.7 Å². The molecule has 1 unspecified atom stereocenters. The van der Waals surface area contributed by atoms with Crippen molar-refractivity contribution in [3.8, 4) is 11.5 Å². The molecule has 1 radical (unpaired) electrons. The predicted octanol–water partition coefficient (Wildman–Crippen LogP) is 6.00. The Balaban J connectivity index is 2.28. The quantitative estimate of drug-likeness (QED) is 0.554. The van der Waals surface area contributed by atoms with E-state index in [1.54, 1.807) is 7.11 Å². The van der Waals surface area contributed by atoms with E-state index in [0.717, 1.165) is 32.7 Å². The SMILES string of the molecule is COC1c2ccc(Br)cc2COc2ccc(C(C)(C)C)c(O[Si](C)C)c21. The molecule has 5 heteroatoms. The molecular weight excluding hydrogens is 408 g/mol. The van der Waals surface area contributed by atoms with Gasteiger partial charge in [0.15, 0.2) is 0 Å². The Morgan fingerprint density at radius 2 is 1.88 bits per heavy atom. The van der Waals surface area contributed by atoms with Crippen molar-refractivity contribution in [1.82, 2.24) is 0 Å². The molecule has 0 aromatic heterocycles. The molecule has 0 saturated heterocycles. The molecule has 2 aromatic rings. The van der Waals surface area contributed by atoms with Crippen LogP contribution >= 0.6 is 15.9 Å². The monoisotopic (exact) mass is 433 g/mol. The summed E-state index contributed by atoms with van der Waals surface area (Å²) in [5.41, 5.74) is 4.42. The Morgan fingerprint density at radius 1 is 1.15 bits per heavy atom. The van der Waals surface area contributed by atoms with E-state index in [4.69, 9.17) is 13.9 Å². The van der Waals surface area contributed by atoms with Gasteiger partial charge in [-0.2, -0.15) is 0 Å². The van der Waals surface area contributed by atoms with Gasteiger partial charge in [0.1, 0.15) is 24.2 Å². The maximum atomic E-state index is 6.43. The first-order valence-corrected chi connectivity index (χ1v) is 12.0. The van der Waals surface area contributed by atoms with Crippen LogP contribution in [0.25, 0.3) is 0 Å². The van der Waals surface area contributed by atoms with Crippen molar-refractivity contribution in [3.63, 3.8) is 0 Å². The number of fused-ring (bicyclic) bond motifs is 2. The second-order valence-corrected chi connectivity index (χ2v) is 10.8. The van der Waals surface area contributed by atoms with Crippen LogP contribution in [-0.2, 0) is 16.8 Å². The number of hydrogen-bond acceptors (Lipinski definition) is 3. The summed E-state index contributed by atoms with van der Waals surface area (Å²) in [6.07, 6.45) is -0.214. The molecule has 26 heavy (non-hydrogen) atoms. The van der Waals surface area contributed by atoms with Crippen LogP contribution in [-0.4, -0.2) is 16.2 Å². The first kappa shape index (κ1) is 19.5. The normalized spacial score (nSPS) is 16.5. The second-order valence-electron chi connectivity index (χ2n) is 7.86. The third-order valence-corrected chi connectivity index (χ3v) is 5.64. The Labute approximate surface area is 166 Å². The maximum absolute atomic E-state index is 6.43. The highest BCUT2D eigenvalue weighted by Crippen LogP contribution is 2.47. The molecule has 0 N–H and O–H groups in total. The summed E-state index contributed by atoms with van der Waals surface area (Å²) in [5.74, 6) is 1.77. The van der Waals surface area contributed by atoms with Gasteiger partial charge in [-0.05, 0) is 53.4 Å². The lowest BCUT2D eigenvalue weighted by atomic mass is 9.83. The van der Waals surface area contributed by atoms with Gasteiger partial charge in [0, 0.05) is 11.6 Å². The van der Waals surface area contributed by atoms with Crippen molar-refractivity contribution in [3.05, 3.63) is 57.1 Å². The smallest absolute Gasteiger partial charge is 0.274 e. The van der Waals surface area contributed by atoms with Gasteiger partial charge in [-0.15, -0.1) is 0 Å². The molecular formula is C21H26BrO3Si. The fraction of sp³-hybridized carbons (Fsp3) is 0.429. The van der Waals surface area contributed by atoms with Crippen molar-refractivity contribution >= 4 is 25.0 Å². The molecule has 139 valence electrons. The largest absolute Gasteiger partial charge is 0.542 e. The van der Waals surface area contributed by atoms with Crippen LogP contribution in [0.5, 0.6) is 11.5 Å². The zero-order valence-corrected chi connectivity index (χ0v) is 18.9. The van der Waals surface area contributed by atoms with Crippen molar-refractivity contribution in [2.45, 2.75) is 52.0 Å². The van der Waals surface area contributed by atoms with E-state index < -0.39 is 9.04 Å². The summed E-state index contributed by atoms with van der Waals surface area (Å²) in [7, 11) is 0.807. The van der Waals surface area contributed by atoms with Crippen molar-refractivity contribution < 1.29 is 13.9 Å². The summed E-state index contributed by atoms with van der Waals surface area (Å²) < 4.78 is 19.6. The minimum Gasteiger partial charge on any atom is -0.542 e. The van der Waals surface area contributed by atoms with Crippen LogP contribution < -0.4 is 9.16 Å². The van der Waals surface area contributed by atoms with Crippen molar-refractivity contribution in [1.29, 1.82) is 0 Å². The maximum Gasteiger partial charge on any atom is 0.274 e. The first-order valence-electron chi connectivity index (χ1n) is 8.81. The van der Waals surface area contributed by atoms with E-state index in [2.05, 4.69) is 80.1 Å². The van der Waals surface area contributed by atoms with Crippen LogP contribution in [0.4, 0.5) is 0 Å². The lowest BCUT2D eigenvalue weighted by Gasteiger charge is -2.29. The minimum atomic E-state index is -0.946. The summed E-state index contributed by atoms with van der Waals surface area (Å²) in [6.45, 7) is 11.5. The van der Waals surface area contributed by atoms with Gasteiger partial charge >= 0.3 is 0 Å². The average molecular weight is 434 g/mol. The van der Waals surface area contributed by atoms with E-state index in [-0.39, 0.29) is 11.5 Å². The fourth-order valence-corrected chi connectivity index (χ4v) is 4.41. The Kier molecular flexibility index (Phi) is 5.52. The third-order valence-electron chi connectivity index (χ3n) is 4.54. The third kappa shape index (κ3) is 3.71. The molecule has 0 aliphatic carbocycles. The van der Waals surface area contributed by atoms with Gasteiger partial charge in [-0.25, -0.2) is 0 Å². The molecule has 0 bridgehead atoms. The molecule has 1 aliphatic rings. The molecule has 0 fully saturated rings. The number of benzene rings is 2. The Morgan fingerprint density at radius 3 is 2.50 bits per heavy atom. The highest BCUT2D eigenvalue weighted by atomic mass is 79.9. The second kappa shape index (κ2) is 7.37. The summed E-state index contributed by atoms with van der Waals surface area (Å²) in [6, 6.07) is 10.5. The van der Waals surface area contributed by atoms with E-state index in [1.807, 2.05) is 0 Å². The van der Waals surface area contributed by atoms with Gasteiger partial charge in [0.05, 0.1) is 5.56 Å². The fourth-order valence-electron chi connectivity index (χ4n) is 3.37. The van der Waals surface area contributed by atoms with Gasteiger partial charge in [-0.3, -0.25) is 0 Å². The zero-order chi connectivity index (χ0) is 19.1. The highest BCUT2D eigenvalue weighted by Gasteiger charge is 2.32. The van der Waals surface area contributed by atoms with Crippen LogP contribution in [0.2, 0.25) is 13.1 Å². The molecule has 1 aliphatic heterocycles. The van der Waals surface area contributed by atoms with Crippen LogP contribution in [0.3, 0.4) is 0 Å². The highest BCUT2D eigenvalue weighted by molar-refractivity contribution is 9.10. The van der Waals surface area contributed by atoms with Gasteiger partial charge < -0.3 is 13.9 Å². The number of ether oxygens (including phenoxy) is 2. The number of halogens is 1. The molecule has 0 saturated carbocycles. The van der Waals surface area contributed by atoms with E-state index in [9.17, 15) is 0 Å². The first-order chi connectivity index (χ1) is 12.2. The standard InChI is InChI=1S/C21H26BrO3Si/c1-21(2,3)16-9-10-17-18(20(16)25-26(5)6)19(23-4)15-8-7-14(22)11-13(15)12-24-17/h7-11,19H,12H2,1-6H3. The lowest BCUT2D eigenvalue weighted by Crippen LogP contribution is -2.21. The molecule has 3 rings (SSSR count).